The first-order valence-electron chi connectivity index (χ1n) is 8.58. The number of carbonyl (C=O) groups excluding carboxylic acids is 1. The molecule has 2 aromatic carbocycles. The van der Waals surface area contributed by atoms with Crippen molar-refractivity contribution in [3.63, 3.8) is 0 Å². The molecule has 0 atom stereocenters. The summed E-state index contributed by atoms with van der Waals surface area (Å²) < 4.78 is 15.7. The Morgan fingerprint density at radius 2 is 1.81 bits per heavy atom. The van der Waals surface area contributed by atoms with Crippen molar-refractivity contribution in [1.82, 2.24) is 0 Å². The Morgan fingerprint density at radius 3 is 2.56 bits per heavy atom. The highest BCUT2D eigenvalue weighted by molar-refractivity contribution is 7.22. The van der Waals surface area contributed by atoms with Crippen molar-refractivity contribution < 1.29 is 19.1 Å². The molecule has 4 nitrogen and oxygen atoms in total. The summed E-state index contributed by atoms with van der Waals surface area (Å²) in [6.45, 7) is 0. The first-order valence-corrected chi connectivity index (χ1v) is 9.40. The van der Waals surface area contributed by atoms with Gasteiger partial charge in [-0.3, -0.25) is 4.79 Å². The molecule has 0 fully saturated rings. The molecule has 4 rings (SSSR count). The van der Waals surface area contributed by atoms with Gasteiger partial charge in [0.2, 0.25) is 0 Å². The molecule has 6 heteroatoms. The van der Waals surface area contributed by atoms with Crippen LogP contribution >= 0.6 is 11.3 Å². The lowest BCUT2D eigenvalue weighted by atomic mass is 10.1. The van der Waals surface area contributed by atoms with Crippen LogP contribution in [0.2, 0.25) is 0 Å². The summed E-state index contributed by atoms with van der Waals surface area (Å²) in [7, 11) is 0. The number of hydrogen-bond acceptors (Lipinski definition) is 3. The van der Waals surface area contributed by atoms with E-state index in [0.717, 1.165) is 20.5 Å². The molecule has 0 bridgehead atoms. The van der Waals surface area contributed by atoms with Crippen LogP contribution in [0, 0.1) is 5.82 Å². The SMILES string of the molecule is O=C(O)C1=C(C(=O)Nc2ccc(-c3cc4ccccc4s3)cc2F)CCC1. The van der Waals surface area contributed by atoms with Crippen molar-refractivity contribution in [3.8, 4) is 10.4 Å². The van der Waals surface area contributed by atoms with E-state index in [1.165, 1.54) is 12.1 Å². The topological polar surface area (TPSA) is 66.4 Å². The minimum Gasteiger partial charge on any atom is -0.478 e. The van der Waals surface area contributed by atoms with Gasteiger partial charge in [0.15, 0.2) is 0 Å². The second kappa shape index (κ2) is 6.96. The highest BCUT2D eigenvalue weighted by Gasteiger charge is 2.25. The summed E-state index contributed by atoms with van der Waals surface area (Å²) in [6, 6.07) is 14.6. The zero-order chi connectivity index (χ0) is 19.0. The third-order valence-electron chi connectivity index (χ3n) is 4.68. The van der Waals surface area contributed by atoms with Gasteiger partial charge in [0, 0.05) is 20.7 Å². The molecular weight excluding hydrogens is 365 g/mol. The van der Waals surface area contributed by atoms with Crippen LogP contribution in [-0.2, 0) is 9.59 Å². The number of carboxylic acid groups (broad SMARTS) is 1. The van der Waals surface area contributed by atoms with E-state index in [9.17, 15) is 14.0 Å². The number of carbonyl (C=O) groups is 2. The normalized spacial score (nSPS) is 14.0. The molecule has 3 aromatic rings. The van der Waals surface area contributed by atoms with Crippen LogP contribution in [0.3, 0.4) is 0 Å². The predicted molar refractivity (Wildman–Crippen MR) is 104 cm³/mol. The molecule has 1 heterocycles. The Balaban J connectivity index is 1.59. The highest BCUT2D eigenvalue weighted by atomic mass is 32.1. The number of rotatable bonds is 4. The third kappa shape index (κ3) is 3.36. The van der Waals surface area contributed by atoms with Crippen molar-refractivity contribution in [1.29, 1.82) is 0 Å². The smallest absolute Gasteiger partial charge is 0.332 e. The summed E-state index contributed by atoms with van der Waals surface area (Å²) in [4.78, 5) is 24.5. The maximum absolute atomic E-state index is 14.6. The monoisotopic (exact) mass is 381 g/mol. The van der Waals surface area contributed by atoms with E-state index in [0.29, 0.717) is 19.3 Å². The maximum atomic E-state index is 14.6. The standard InChI is InChI=1S/C21H16FNO3S/c22-16-10-13(19-11-12-4-1-2-7-18(12)27-19)8-9-17(16)23-20(24)14-5-3-6-15(14)21(25)26/h1-2,4,7-11H,3,5-6H2,(H,23,24)(H,25,26). The lowest BCUT2D eigenvalue weighted by Crippen LogP contribution is -2.17. The first kappa shape index (κ1) is 17.4. The average Bonchev–Trinajstić information content (AvgIpc) is 3.30. The zero-order valence-corrected chi connectivity index (χ0v) is 15.1. The minimum absolute atomic E-state index is 0.0500. The number of carboxylic acids is 1. The molecule has 0 saturated heterocycles. The molecule has 136 valence electrons. The summed E-state index contributed by atoms with van der Waals surface area (Å²) in [5.41, 5.74) is 1.14. The van der Waals surface area contributed by atoms with Gasteiger partial charge in [-0.15, -0.1) is 11.3 Å². The van der Waals surface area contributed by atoms with Gasteiger partial charge in [-0.05, 0) is 54.5 Å². The first-order chi connectivity index (χ1) is 13.0. The fourth-order valence-electron chi connectivity index (χ4n) is 3.32. The molecule has 1 aliphatic carbocycles. The largest absolute Gasteiger partial charge is 0.478 e. The van der Waals surface area contributed by atoms with Crippen LogP contribution in [-0.4, -0.2) is 17.0 Å². The number of aliphatic carboxylic acids is 1. The van der Waals surface area contributed by atoms with Crippen molar-refractivity contribution >= 4 is 39.0 Å². The molecular formula is C21H16FNO3S. The summed E-state index contributed by atoms with van der Waals surface area (Å²) in [5.74, 6) is -2.18. The van der Waals surface area contributed by atoms with Gasteiger partial charge in [-0.1, -0.05) is 24.3 Å². The number of fused-ring (bicyclic) bond motifs is 1. The number of amides is 1. The predicted octanol–water partition coefficient (Wildman–Crippen LogP) is 5.21. The molecule has 27 heavy (non-hydrogen) atoms. The Bertz CT molecular complexity index is 1070. The van der Waals surface area contributed by atoms with Crippen molar-refractivity contribution in [2.24, 2.45) is 0 Å². The van der Waals surface area contributed by atoms with Gasteiger partial charge >= 0.3 is 5.97 Å². The molecule has 0 unspecified atom stereocenters. The molecule has 1 aromatic heterocycles. The molecule has 0 aliphatic heterocycles. The van der Waals surface area contributed by atoms with Crippen LogP contribution in [0.25, 0.3) is 20.5 Å². The minimum atomic E-state index is -1.08. The van der Waals surface area contributed by atoms with Gasteiger partial charge in [0.05, 0.1) is 5.69 Å². The van der Waals surface area contributed by atoms with Gasteiger partial charge in [-0.2, -0.15) is 0 Å². The number of thiophene rings is 1. The van der Waals surface area contributed by atoms with E-state index in [1.807, 2.05) is 30.3 Å². The number of anilines is 1. The lowest BCUT2D eigenvalue weighted by Gasteiger charge is -2.09. The van der Waals surface area contributed by atoms with Gasteiger partial charge < -0.3 is 10.4 Å². The Morgan fingerprint density at radius 1 is 1.04 bits per heavy atom. The van der Waals surface area contributed by atoms with E-state index < -0.39 is 17.7 Å². The van der Waals surface area contributed by atoms with Gasteiger partial charge in [0.25, 0.3) is 5.91 Å². The van der Waals surface area contributed by atoms with Crippen LogP contribution in [0.5, 0.6) is 0 Å². The number of benzene rings is 2. The molecule has 1 aliphatic rings. The van der Waals surface area contributed by atoms with E-state index in [4.69, 9.17) is 5.11 Å². The van der Waals surface area contributed by atoms with Crippen LogP contribution in [0.4, 0.5) is 10.1 Å². The Kier molecular flexibility index (Phi) is 4.49. The summed E-state index contributed by atoms with van der Waals surface area (Å²) in [6.07, 6.45) is 1.39. The Hall–Kier alpha value is -2.99. The van der Waals surface area contributed by atoms with Crippen molar-refractivity contribution in [2.75, 3.05) is 5.32 Å². The van der Waals surface area contributed by atoms with E-state index in [-0.39, 0.29) is 16.8 Å². The molecule has 0 spiro atoms. The van der Waals surface area contributed by atoms with Crippen LogP contribution in [0.1, 0.15) is 19.3 Å². The molecule has 1 amide bonds. The van der Waals surface area contributed by atoms with E-state index in [1.54, 1.807) is 17.4 Å². The summed E-state index contributed by atoms with van der Waals surface area (Å²) in [5, 5.41) is 12.8. The Labute approximate surface area is 159 Å². The molecule has 2 N–H and O–H groups in total. The van der Waals surface area contributed by atoms with Gasteiger partial charge in [-0.25, -0.2) is 9.18 Å². The second-order valence-electron chi connectivity index (χ2n) is 6.41. The average molecular weight is 381 g/mol. The fraction of sp³-hybridized carbons (Fsp3) is 0.143. The van der Waals surface area contributed by atoms with E-state index in [2.05, 4.69) is 5.32 Å². The summed E-state index contributed by atoms with van der Waals surface area (Å²) >= 11 is 1.58. The lowest BCUT2D eigenvalue weighted by molar-refractivity contribution is -0.133. The highest BCUT2D eigenvalue weighted by Crippen LogP contribution is 2.35. The molecule has 0 radical (unpaired) electrons. The second-order valence-corrected chi connectivity index (χ2v) is 7.50. The number of nitrogens with one attached hydrogen (secondary N) is 1. The third-order valence-corrected chi connectivity index (χ3v) is 5.84. The van der Waals surface area contributed by atoms with Crippen LogP contribution in [0.15, 0.2) is 59.7 Å². The quantitative estimate of drug-likeness (QED) is 0.652. The number of hydrogen-bond donors (Lipinski definition) is 2. The van der Waals surface area contributed by atoms with Gasteiger partial charge in [0.1, 0.15) is 5.82 Å². The molecule has 0 saturated carbocycles. The van der Waals surface area contributed by atoms with Crippen molar-refractivity contribution in [3.05, 3.63) is 65.5 Å². The number of halogens is 1. The van der Waals surface area contributed by atoms with Crippen LogP contribution < -0.4 is 5.32 Å². The van der Waals surface area contributed by atoms with Crippen molar-refractivity contribution in [2.45, 2.75) is 19.3 Å². The maximum Gasteiger partial charge on any atom is 0.332 e. The fourth-order valence-corrected chi connectivity index (χ4v) is 4.38. The van der Waals surface area contributed by atoms with E-state index >= 15 is 0 Å². The zero-order valence-electron chi connectivity index (χ0n) is 14.3.